The Bertz CT molecular complexity index is 797. The van der Waals surface area contributed by atoms with Gasteiger partial charge in [-0.1, -0.05) is 60.7 Å². The topological polar surface area (TPSA) is 43.9 Å². The summed E-state index contributed by atoms with van der Waals surface area (Å²) < 4.78 is 0. The Hall–Kier alpha value is -2.92. The molecule has 3 rings (SSSR count). The number of rotatable bonds is 6. The van der Waals surface area contributed by atoms with Gasteiger partial charge in [0.2, 0.25) is 11.8 Å². The molecule has 0 aromatic heterocycles. The van der Waals surface area contributed by atoms with Gasteiger partial charge in [0.05, 0.1) is 0 Å². The lowest BCUT2D eigenvalue weighted by Gasteiger charge is -2.34. The molecular formula is C23H27N3O2. The molecular weight excluding hydrogens is 350 g/mol. The molecule has 1 heterocycles. The van der Waals surface area contributed by atoms with Crippen LogP contribution in [0, 0.1) is 0 Å². The van der Waals surface area contributed by atoms with Gasteiger partial charge in [0.15, 0.2) is 0 Å². The summed E-state index contributed by atoms with van der Waals surface area (Å²) in [4.78, 5) is 30.6. The van der Waals surface area contributed by atoms with E-state index < -0.39 is 0 Å². The maximum atomic E-state index is 12.5. The fourth-order valence-corrected chi connectivity index (χ4v) is 3.24. The van der Waals surface area contributed by atoms with Crippen LogP contribution in [0.5, 0.6) is 0 Å². The van der Waals surface area contributed by atoms with Gasteiger partial charge in [0, 0.05) is 45.5 Å². The van der Waals surface area contributed by atoms with Gasteiger partial charge in [-0.2, -0.15) is 0 Å². The number of benzene rings is 2. The number of anilines is 1. The number of piperazine rings is 1. The SMILES string of the molecule is CN(C(=O)CC(=O)N1CCN(C/C=C/c2ccccc2)CC1)c1ccccc1. The lowest BCUT2D eigenvalue weighted by molar-refractivity contribution is -0.136. The molecule has 0 unspecified atom stereocenters. The van der Waals surface area contributed by atoms with Crippen molar-refractivity contribution in [2.24, 2.45) is 0 Å². The second-order valence-electron chi connectivity index (χ2n) is 6.96. The maximum absolute atomic E-state index is 12.5. The molecule has 2 aromatic carbocycles. The van der Waals surface area contributed by atoms with Crippen LogP contribution in [0.25, 0.3) is 6.08 Å². The van der Waals surface area contributed by atoms with Crippen LogP contribution in [0.15, 0.2) is 66.7 Å². The molecule has 0 spiro atoms. The van der Waals surface area contributed by atoms with E-state index in [0.717, 1.165) is 25.3 Å². The normalized spacial score (nSPS) is 15.0. The first-order valence-corrected chi connectivity index (χ1v) is 9.67. The average Bonchev–Trinajstić information content (AvgIpc) is 2.75. The van der Waals surface area contributed by atoms with E-state index >= 15 is 0 Å². The van der Waals surface area contributed by atoms with Crippen molar-refractivity contribution >= 4 is 23.6 Å². The molecule has 0 N–H and O–H groups in total. The first kappa shape index (κ1) is 19.8. The lowest BCUT2D eigenvalue weighted by atomic mass is 10.2. The van der Waals surface area contributed by atoms with Gasteiger partial charge in [0.1, 0.15) is 6.42 Å². The third-order valence-electron chi connectivity index (χ3n) is 5.02. The third kappa shape index (κ3) is 5.54. The van der Waals surface area contributed by atoms with E-state index in [9.17, 15) is 9.59 Å². The summed E-state index contributed by atoms with van der Waals surface area (Å²) in [7, 11) is 1.71. The summed E-state index contributed by atoms with van der Waals surface area (Å²) in [6.45, 7) is 3.86. The predicted octanol–water partition coefficient (Wildman–Crippen LogP) is 2.90. The van der Waals surface area contributed by atoms with E-state index in [-0.39, 0.29) is 18.2 Å². The highest BCUT2D eigenvalue weighted by molar-refractivity contribution is 6.04. The molecule has 1 saturated heterocycles. The largest absolute Gasteiger partial charge is 0.340 e. The van der Waals surface area contributed by atoms with E-state index in [4.69, 9.17) is 0 Å². The molecule has 5 nitrogen and oxygen atoms in total. The minimum atomic E-state index is -0.176. The molecule has 1 aliphatic heterocycles. The Morgan fingerprint density at radius 3 is 2.18 bits per heavy atom. The zero-order chi connectivity index (χ0) is 19.8. The van der Waals surface area contributed by atoms with Crippen LogP contribution in [0.2, 0.25) is 0 Å². The van der Waals surface area contributed by atoms with Crippen molar-refractivity contribution in [3.05, 3.63) is 72.3 Å². The zero-order valence-electron chi connectivity index (χ0n) is 16.3. The minimum absolute atomic E-state index is 0.0840. The molecule has 0 aliphatic carbocycles. The zero-order valence-corrected chi connectivity index (χ0v) is 16.3. The molecule has 1 aliphatic rings. The van der Waals surface area contributed by atoms with Crippen molar-refractivity contribution in [2.75, 3.05) is 44.7 Å². The van der Waals surface area contributed by atoms with E-state index in [1.165, 1.54) is 5.56 Å². The molecule has 2 aromatic rings. The summed E-state index contributed by atoms with van der Waals surface area (Å²) in [5.41, 5.74) is 1.99. The lowest BCUT2D eigenvalue weighted by Crippen LogP contribution is -2.49. The summed E-state index contributed by atoms with van der Waals surface area (Å²) >= 11 is 0. The number of hydrogen-bond donors (Lipinski definition) is 0. The highest BCUT2D eigenvalue weighted by Gasteiger charge is 2.23. The monoisotopic (exact) mass is 377 g/mol. The number of carbonyl (C=O) groups excluding carboxylic acids is 2. The summed E-state index contributed by atoms with van der Waals surface area (Å²) in [6.07, 6.45) is 4.19. The first-order valence-electron chi connectivity index (χ1n) is 9.67. The Morgan fingerprint density at radius 2 is 1.54 bits per heavy atom. The molecule has 0 saturated carbocycles. The van der Waals surface area contributed by atoms with Crippen LogP contribution in [-0.4, -0.2) is 61.4 Å². The second kappa shape index (κ2) is 9.85. The predicted molar refractivity (Wildman–Crippen MR) is 113 cm³/mol. The number of amides is 2. The van der Waals surface area contributed by atoms with Crippen LogP contribution in [0.1, 0.15) is 12.0 Å². The molecule has 1 fully saturated rings. The van der Waals surface area contributed by atoms with Crippen molar-refractivity contribution in [2.45, 2.75) is 6.42 Å². The number of nitrogens with zero attached hydrogens (tertiary/aromatic N) is 3. The van der Waals surface area contributed by atoms with E-state index in [2.05, 4.69) is 29.2 Å². The van der Waals surface area contributed by atoms with E-state index in [1.54, 1.807) is 16.8 Å². The average molecular weight is 377 g/mol. The van der Waals surface area contributed by atoms with E-state index in [1.807, 2.05) is 48.5 Å². The van der Waals surface area contributed by atoms with Crippen molar-refractivity contribution in [3.8, 4) is 0 Å². The Morgan fingerprint density at radius 1 is 0.929 bits per heavy atom. The molecule has 146 valence electrons. The third-order valence-corrected chi connectivity index (χ3v) is 5.02. The Kier molecular flexibility index (Phi) is 6.98. The van der Waals surface area contributed by atoms with Crippen molar-refractivity contribution < 1.29 is 9.59 Å². The van der Waals surface area contributed by atoms with Gasteiger partial charge >= 0.3 is 0 Å². The number of para-hydroxylation sites is 1. The van der Waals surface area contributed by atoms with Crippen LogP contribution in [0.3, 0.4) is 0 Å². The summed E-state index contributed by atoms with van der Waals surface area (Å²) in [5.74, 6) is -0.267. The van der Waals surface area contributed by atoms with Gasteiger partial charge in [-0.25, -0.2) is 0 Å². The Labute approximate surface area is 166 Å². The fraction of sp³-hybridized carbons (Fsp3) is 0.304. The second-order valence-corrected chi connectivity index (χ2v) is 6.96. The molecule has 5 heteroatoms. The number of hydrogen-bond acceptors (Lipinski definition) is 3. The standard InChI is InChI=1S/C23H27N3O2/c1-24(21-12-6-3-7-13-21)22(27)19-23(28)26-17-15-25(16-18-26)14-8-11-20-9-4-2-5-10-20/h2-13H,14-19H2,1H3/b11-8+. The van der Waals surface area contributed by atoms with Gasteiger partial charge in [-0.05, 0) is 17.7 Å². The van der Waals surface area contributed by atoms with Crippen LogP contribution in [0.4, 0.5) is 5.69 Å². The first-order chi connectivity index (χ1) is 13.6. The van der Waals surface area contributed by atoms with E-state index in [0.29, 0.717) is 13.1 Å². The summed E-state index contributed by atoms with van der Waals surface area (Å²) in [6, 6.07) is 19.6. The van der Waals surface area contributed by atoms with Crippen LogP contribution >= 0.6 is 0 Å². The minimum Gasteiger partial charge on any atom is -0.340 e. The van der Waals surface area contributed by atoms with Crippen molar-refractivity contribution in [1.82, 2.24) is 9.80 Å². The van der Waals surface area contributed by atoms with Crippen LogP contribution in [-0.2, 0) is 9.59 Å². The van der Waals surface area contributed by atoms with Crippen LogP contribution < -0.4 is 4.90 Å². The van der Waals surface area contributed by atoms with Gasteiger partial charge in [0.25, 0.3) is 0 Å². The Balaban J connectivity index is 1.42. The van der Waals surface area contributed by atoms with Crippen molar-refractivity contribution in [1.29, 1.82) is 0 Å². The van der Waals surface area contributed by atoms with Gasteiger partial charge in [-0.3, -0.25) is 14.5 Å². The molecule has 0 radical (unpaired) electrons. The maximum Gasteiger partial charge on any atom is 0.236 e. The smallest absolute Gasteiger partial charge is 0.236 e. The molecule has 0 bridgehead atoms. The molecule has 0 atom stereocenters. The highest BCUT2D eigenvalue weighted by atomic mass is 16.2. The quantitative estimate of drug-likeness (QED) is 0.727. The summed E-state index contributed by atoms with van der Waals surface area (Å²) in [5, 5.41) is 0. The molecule has 2 amide bonds. The van der Waals surface area contributed by atoms with Crippen molar-refractivity contribution in [3.63, 3.8) is 0 Å². The number of carbonyl (C=O) groups is 2. The van der Waals surface area contributed by atoms with Gasteiger partial charge < -0.3 is 9.80 Å². The van der Waals surface area contributed by atoms with Gasteiger partial charge in [-0.15, -0.1) is 0 Å². The fourth-order valence-electron chi connectivity index (χ4n) is 3.24. The highest BCUT2D eigenvalue weighted by Crippen LogP contribution is 2.13. The molecule has 28 heavy (non-hydrogen) atoms.